The summed E-state index contributed by atoms with van der Waals surface area (Å²) in [6.07, 6.45) is 4.40. The molecule has 3 amide bonds. The number of carbonyl (C=O) groups is 2. The lowest BCUT2D eigenvalue weighted by Gasteiger charge is -2.24. The van der Waals surface area contributed by atoms with E-state index in [0.29, 0.717) is 24.8 Å². The first-order valence-corrected chi connectivity index (χ1v) is 10.2. The van der Waals surface area contributed by atoms with E-state index in [1.807, 2.05) is 24.3 Å². The van der Waals surface area contributed by atoms with Crippen LogP contribution in [0, 0.1) is 5.92 Å². The summed E-state index contributed by atoms with van der Waals surface area (Å²) in [5.41, 5.74) is 1.38. The topological polar surface area (TPSA) is 70.7 Å². The SMILES string of the molecule is O=C(Nc1cccc(N2CCOC2=O)c1)N[C@@H](c1cccs1)C1CCCC1. The number of hydrogen-bond donors (Lipinski definition) is 2. The van der Waals surface area contributed by atoms with Gasteiger partial charge in [0.2, 0.25) is 0 Å². The van der Waals surface area contributed by atoms with E-state index < -0.39 is 0 Å². The molecule has 1 saturated heterocycles. The maximum absolute atomic E-state index is 12.6. The molecule has 27 heavy (non-hydrogen) atoms. The van der Waals surface area contributed by atoms with Crippen molar-refractivity contribution in [1.29, 1.82) is 0 Å². The molecule has 2 heterocycles. The molecule has 7 heteroatoms. The molecule has 1 saturated carbocycles. The van der Waals surface area contributed by atoms with Crippen LogP contribution in [0.15, 0.2) is 41.8 Å². The van der Waals surface area contributed by atoms with Crippen molar-refractivity contribution in [3.05, 3.63) is 46.7 Å². The van der Waals surface area contributed by atoms with E-state index in [0.717, 1.165) is 18.5 Å². The first-order valence-electron chi connectivity index (χ1n) is 9.36. The highest BCUT2D eigenvalue weighted by Crippen LogP contribution is 2.37. The second-order valence-corrected chi connectivity index (χ2v) is 7.93. The maximum atomic E-state index is 12.6. The predicted octanol–water partition coefficient (Wildman–Crippen LogP) is 4.76. The molecule has 1 aromatic heterocycles. The zero-order valence-electron chi connectivity index (χ0n) is 15.0. The zero-order chi connectivity index (χ0) is 18.6. The quantitative estimate of drug-likeness (QED) is 0.780. The molecular weight excluding hydrogens is 362 g/mol. The molecular formula is C20H23N3O3S. The van der Waals surface area contributed by atoms with E-state index in [4.69, 9.17) is 4.74 Å². The van der Waals surface area contributed by atoms with Crippen molar-refractivity contribution in [2.45, 2.75) is 31.7 Å². The van der Waals surface area contributed by atoms with Gasteiger partial charge >= 0.3 is 12.1 Å². The van der Waals surface area contributed by atoms with Crippen LogP contribution in [0.1, 0.15) is 36.6 Å². The number of benzene rings is 1. The van der Waals surface area contributed by atoms with Crippen LogP contribution in [0.5, 0.6) is 0 Å². The van der Waals surface area contributed by atoms with E-state index in [2.05, 4.69) is 22.1 Å². The molecule has 2 aromatic rings. The third kappa shape index (κ3) is 4.08. The fourth-order valence-electron chi connectivity index (χ4n) is 3.87. The van der Waals surface area contributed by atoms with Gasteiger partial charge in [-0.1, -0.05) is 25.0 Å². The summed E-state index contributed by atoms with van der Waals surface area (Å²) < 4.78 is 4.98. The lowest BCUT2D eigenvalue weighted by molar-refractivity contribution is 0.181. The van der Waals surface area contributed by atoms with Crippen LogP contribution in [0.25, 0.3) is 0 Å². The average Bonchev–Trinajstić information content (AvgIpc) is 3.42. The highest BCUT2D eigenvalue weighted by molar-refractivity contribution is 7.10. The van der Waals surface area contributed by atoms with Crippen LogP contribution >= 0.6 is 11.3 Å². The number of anilines is 2. The largest absolute Gasteiger partial charge is 0.447 e. The molecule has 0 unspecified atom stereocenters. The van der Waals surface area contributed by atoms with Gasteiger partial charge in [-0.15, -0.1) is 11.3 Å². The first kappa shape index (κ1) is 17.9. The van der Waals surface area contributed by atoms with Gasteiger partial charge in [0.05, 0.1) is 12.6 Å². The number of rotatable bonds is 5. The molecule has 1 aliphatic carbocycles. The zero-order valence-corrected chi connectivity index (χ0v) is 15.8. The van der Waals surface area contributed by atoms with Gasteiger partial charge in [0.1, 0.15) is 6.61 Å². The Morgan fingerprint density at radius 1 is 1.22 bits per heavy atom. The standard InChI is InChI=1S/C20H23N3O3S/c24-19(22-18(14-5-1-2-6-14)17-9-4-12-27-17)21-15-7-3-8-16(13-15)23-10-11-26-20(23)25/h3-4,7-9,12-14,18H,1-2,5-6,10-11H2,(H2,21,22,24)/t18-/m1/s1. The van der Waals surface area contributed by atoms with Crippen molar-refractivity contribution in [2.75, 3.05) is 23.4 Å². The van der Waals surface area contributed by atoms with Crippen LogP contribution in [-0.2, 0) is 4.74 Å². The van der Waals surface area contributed by atoms with Crippen molar-refractivity contribution in [1.82, 2.24) is 5.32 Å². The summed E-state index contributed by atoms with van der Waals surface area (Å²) in [7, 11) is 0. The van der Waals surface area contributed by atoms with Gasteiger partial charge < -0.3 is 15.4 Å². The fraction of sp³-hybridized carbons (Fsp3) is 0.400. The van der Waals surface area contributed by atoms with Crippen LogP contribution in [0.2, 0.25) is 0 Å². The molecule has 1 atom stereocenters. The third-order valence-electron chi connectivity index (χ3n) is 5.18. The number of amides is 3. The monoisotopic (exact) mass is 385 g/mol. The number of carbonyl (C=O) groups excluding carboxylic acids is 2. The summed E-state index contributed by atoms with van der Waals surface area (Å²) in [6, 6.07) is 11.2. The molecule has 6 nitrogen and oxygen atoms in total. The Kier molecular flexibility index (Phi) is 5.29. The van der Waals surface area contributed by atoms with Gasteiger partial charge in [0.25, 0.3) is 0 Å². The van der Waals surface area contributed by atoms with Crippen molar-refractivity contribution in [3.8, 4) is 0 Å². The smallest absolute Gasteiger partial charge is 0.414 e. The molecule has 0 bridgehead atoms. The number of ether oxygens (including phenoxy) is 1. The third-order valence-corrected chi connectivity index (χ3v) is 6.14. The fourth-order valence-corrected chi connectivity index (χ4v) is 4.74. The number of urea groups is 1. The van der Waals surface area contributed by atoms with E-state index in [-0.39, 0.29) is 18.2 Å². The van der Waals surface area contributed by atoms with E-state index >= 15 is 0 Å². The van der Waals surface area contributed by atoms with Gasteiger partial charge in [-0.05, 0) is 48.4 Å². The normalized spacial score (nSPS) is 18.4. The molecule has 1 aromatic carbocycles. The average molecular weight is 385 g/mol. The van der Waals surface area contributed by atoms with E-state index in [1.165, 1.54) is 17.7 Å². The van der Waals surface area contributed by atoms with Gasteiger partial charge in [-0.2, -0.15) is 0 Å². The van der Waals surface area contributed by atoms with Crippen molar-refractivity contribution in [2.24, 2.45) is 5.92 Å². The number of thiophene rings is 1. The highest BCUT2D eigenvalue weighted by Gasteiger charge is 2.28. The molecule has 2 aliphatic rings. The van der Waals surface area contributed by atoms with E-state index in [1.54, 1.807) is 22.3 Å². The summed E-state index contributed by atoms with van der Waals surface area (Å²) in [5, 5.41) is 8.13. The lowest BCUT2D eigenvalue weighted by Crippen LogP contribution is -2.35. The summed E-state index contributed by atoms with van der Waals surface area (Å²) >= 11 is 1.69. The Morgan fingerprint density at radius 3 is 2.78 bits per heavy atom. The highest BCUT2D eigenvalue weighted by atomic mass is 32.1. The first-order chi connectivity index (χ1) is 13.2. The second-order valence-electron chi connectivity index (χ2n) is 6.95. The van der Waals surface area contributed by atoms with Crippen molar-refractivity contribution >= 4 is 34.8 Å². The Morgan fingerprint density at radius 2 is 2.07 bits per heavy atom. The van der Waals surface area contributed by atoms with Crippen molar-refractivity contribution < 1.29 is 14.3 Å². The second kappa shape index (κ2) is 8.00. The molecule has 1 aliphatic heterocycles. The number of cyclic esters (lactones) is 1. The van der Waals surface area contributed by atoms with E-state index in [9.17, 15) is 9.59 Å². The number of nitrogens with one attached hydrogen (secondary N) is 2. The van der Waals surface area contributed by atoms with Gasteiger partial charge in [0.15, 0.2) is 0 Å². The van der Waals surface area contributed by atoms with Gasteiger partial charge in [-0.25, -0.2) is 9.59 Å². The summed E-state index contributed by atoms with van der Waals surface area (Å²) in [5.74, 6) is 0.486. The van der Waals surface area contributed by atoms with Crippen LogP contribution in [0.3, 0.4) is 0 Å². The minimum absolute atomic E-state index is 0.0456. The molecule has 142 valence electrons. The Hall–Kier alpha value is -2.54. The van der Waals surface area contributed by atoms with Crippen molar-refractivity contribution in [3.63, 3.8) is 0 Å². The maximum Gasteiger partial charge on any atom is 0.414 e. The molecule has 2 N–H and O–H groups in total. The Bertz CT molecular complexity index is 803. The summed E-state index contributed by atoms with van der Waals surface area (Å²) in [6.45, 7) is 0.914. The van der Waals surface area contributed by atoms with Crippen LogP contribution in [-0.4, -0.2) is 25.3 Å². The van der Waals surface area contributed by atoms with Gasteiger partial charge in [-0.3, -0.25) is 4.90 Å². The minimum atomic E-state index is -0.351. The summed E-state index contributed by atoms with van der Waals surface area (Å²) in [4.78, 5) is 27.2. The number of nitrogens with zero attached hydrogens (tertiary/aromatic N) is 1. The lowest BCUT2D eigenvalue weighted by atomic mass is 9.97. The predicted molar refractivity (Wildman–Crippen MR) is 106 cm³/mol. The molecule has 0 spiro atoms. The molecule has 4 rings (SSSR count). The number of hydrogen-bond acceptors (Lipinski definition) is 4. The molecule has 0 radical (unpaired) electrons. The Labute approximate surface area is 162 Å². The van der Waals surface area contributed by atoms with Crippen LogP contribution < -0.4 is 15.5 Å². The van der Waals surface area contributed by atoms with Gasteiger partial charge in [0, 0.05) is 16.3 Å². The Balaban J connectivity index is 1.44. The minimum Gasteiger partial charge on any atom is -0.447 e. The van der Waals surface area contributed by atoms with Crippen LogP contribution in [0.4, 0.5) is 21.0 Å². The molecule has 2 fully saturated rings.